The molecule has 1 aliphatic heterocycles. The maximum absolute atomic E-state index is 12.8. The number of aliphatic hydroxyl groups is 1. The van der Waals surface area contributed by atoms with Crippen LogP contribution in [0, 0.1) is 0 Å². The second-order valence-corrected chi connectivity index (χ2v) is 8.28. The molecule has 4 rings (SSSR count). The first-order valence-corrected chi connectivity index (χ1v) is 10.5. The number of rotatable bonds is 5. The number of hydrogen-bond acceptors (Lipinski definition) is 5. The number of carbonyl (C=O) groups excluding carboxylic acids is 1. The lowest BCUT2D eigenvalue weighted by molar-refractivity contribution is -0.117. The van der Waals surface area contributed by atoms with Gasteiger partial charge in [0.2, 0.25) is 5.91 Å². The van der Waals surface area contributed by atoms with Crippen LogP contribution < -0.4 is 10.9 Å². The Kier molecular flexibility index (Phi) is 6.26. The molecule has 0 saturated carbocycles. The summed E-state index contributed by atoms with van der Waals surface area (Å²) in [6.45, 7) is 4.22. The lowest BCUT2D eigenvalue weighted by Gasteiger charge is -2.33. The Balaban J connectivity index is 1.61. The summed E-state index contributed by atoms with van der Waals surface area (Å²) >= 11 is 12.3. The van der Waals surface area contributed by atoms with Crippen LogP contribution in [0.2, 0.25) is 10.0 Å². The first kappa shape index (κ1) is 21.1. The van der Waals surface area contributed by atoms with E-state index in [2.05, 4.69) is 20.1 Å². The molecule has 2 heterocycles. The summed E-state index contributed by atoms with van der Waals surface area (Å²) in [6, 6.07) is 8.46. The molecule has 0 radical (unpaired) electrons. The molecule has 0 unspecified atom stereocenters. The monoisotopic (exact) mass is 448 g/mol. The van der Waals surface area contributed by atoms with E-state index in [1.54, 1.807) is 30.3 Å². The summed E-state index contributed by atoms with van der Waals surface area (Å²) in [7, 11) is 0. The lowest BCUT2D eigenvalue weighted by atomic mass is 10.0. The Hall–Kier alpha value is -2.16. The van der Waals surface area contributed by atoms with Crippen molar-refractivity contribution in [3.63, 3.8) is 0 Å². The third-order valence-corrected chi connectivity index (χ3v) is 5.82. The topological polar surface area (TPSA) is 88.7 Å². The van der Waals surface area contributed by atoms with Gasteiger partial charge in [-0.1, -0.05) is 29.3 Å². The van der Waals surface area contributed by atoms with Crippen LogP contribution in [-0.2, 0) is 4.79 Å². The Morgan fingerprint density at radius 1 is 1.03 bits per heavy atom. The molecule has 0 bridgehead atoms. The van der Waals surface area contributed by atoms with E-state index in [-0.39, 0.29) is 24.6 Å². The minimum atomic E-state index is -0.264. The molecule has 1 fully saturated rings. The van der Waals surface area contributed by atoms with Gasteiger partial charge >= 0.3 is 0 Å². The van der Waals surface area contributed by atoms with Crippen molar-refractivity contribution in [2.75, 3.05) is 51.2 Å². The first-order valence-electron chi connectivity index (χ1n) is 9.75. The number of H-pyrrole nitrogens is 1. The van der Waals surface area contributed by atoms with Gasteiger partial charge in [-0.3, -0.25) is 19.4 Å². The summed E-state index contributed by atoms with van der Waals surface area (Å²) in [4.78, 5) is 32.3. The molecule has 1 amide bonds. The molecule has 30 heavy (non-hydrogen) atoms. The van der Waals surface area contributed by atoms with Crippen molar-refractivity contribution in [1.29, 1.82) is 0 Å². The average Bonchev–Trinajstić information content (AvgIpc) is 2.69. The number of pyridine rings is 1. The molecular formula is C21H22Cl2N4O3. The highest BCUT2D eigenvalue weighted by molar-refractivity contribution is 6.33. The highest BCUT2D eigenvalue weighted by Gasteiger charge is 2.19. The van der Waals surface area contributed by atoms with Gasteiger partial charge in [0.15, 0.2) is 0 Å². The molecule has 1 saturated heterocycles. The van der Waals surface area contributed by atoms with Crippen molar-refractivity contribution in [3.8, 4) is 0 Å². The van der Waals surface area contributed by atoms with Crippen LogP contribution in [0.3, 0.4) is 0 Å². The molecule has 7 nitrogen and oxygen atoms in total. The highest BCUT2D eigenvalue weighted by atomic mass is 35.5. The second-order valence-electron chi connectivity index (χ2n) is 7.41. The summed E-state index contributed by atoms with van der Waals surface area (Å²) in [5.41, 5.74) is 0.834. The van der Waals surface area contributed by atoms with Gasteiger partial charge in [-0.15, -0.1) is 0 Å². The SMILES string of the molecule is O=C(CN1CCN(CCO)CC1)Nc1cc(Cl)cc2[nH]c(=O)c3cc(Cl)ccc3c12. The van der Waals surface area contributed by atoms with Crippen molar-refractivity contribution in [2.45, 2.75) is 0 Å². The minimum absolute atomic E-state index is 0.142. The molecule has 0 spiro atoms. The van der Waals surface area contributed by atoms with Crippen LogP contribution in [-0.4, -0.2) is 71.7 Å². The number of aromatic nitrogens is 1. The maximum Gasteiger partial charge on any atom is 0.256 e. The molecule has 0 aliphatic carbocycles. The number of halogens is 2. The minimum Gasteiger partial charge on any atom is -0.395 e. The maximum atomic E-state index is 12.8. The van der Waals surface area contributed by atoms with Crippen molar-refractivity contribution < 1.29 is 9.90 Å². The molecule has 3 N–H and O–H groups in total. The van der Waals surface area contributed by atoms with E-state index >= 15 is 0 Å². The summed E-state index contributed by atoms with van der Waals surface area (Å²) in [5.74, 6) is -0.150. The number of β-amino-alcohol motifs (C(OH)–C–C–N with tert-alkyl or cyclic N) is 1. The Bertz CT molecular complexity index is 1160. The number of carbonyl (C=O) groups is 1. The summed E-state index contributed by atoms with van der Waals surface area (Å²) in [5, 5.41) is 14.8. The quantitative estimate of drug-likeness (QED) is 0.521. The number of amides is 1. The Morgan fingerprint density at radius 3 is 2.50 bits per heavy atom. The van der Waals surface area contributed by atoms with Gasteiger partial charge in [0.25, 0.3) is 5.56 Å². The molecule has 9 heteroatoms. The summed E-state index contributed by atoms with van der Waals surface area (Å²) in [6.07, 6.45) is 0. The number of anilines is 1. The molecule has 3 aromatic rings. The molecule has 0 atom stereocenters. The predicted molar refractivity (Wildman–Crippen MR) is 121 cm³/mol. The number of aromatic amines is 1. The predicted octanol–water partition coefficient (Wildman–Crippen LogP) is 2.54. The second kappa shape index (κ2) is 8.91. The number of nitrogens with one attached hydrogen (secondary N) is 2. The smallest absolute Gasteiger partial charge is 0.256 e. The van der Waals surface area contributed by atoms with Crippen LogP contribution in [0.4, 0.5) is 5.69 Å². The van der Waals surface area contributed by atoms with Crippen molar-refractivity contribution in [3.05, 3.63) is 50.7 Å². The van der Waals surface area contributed by atoms with E-state index in [4.69, 9.17) is 28.3 Å². The van der Waals surface area contributed by atoms with Crippen LogP contribution in [0.15, 0.2) is 35.1 Å². The van der Waals surface area contributed by atoms with Crippen molar-refractivity contribution in [1.82, 2.24) is 14.8 Å². The fraction of sp³-hybridized carbons (Fsp3) is 0.333. The van der Waals surface area contributed by atoms with Gasteiger partial charge in [-0.25, -0.2) is 0 Å². The Morgan fingerprint density at radius 2 is 1.77 bits per heavy atom. The van der Waals surface area contributed by atoms with E-state index in [1.165, 1.54) is 0 Å². The van der Waals surface area contributed by atoms with Crippen LogP contribution in [0.1, 0.15) is 0 Å². The number of aliphatic hydroxyl groups excluding tert-OH is 1. The molecule has 2 aromatic carbocycles. The largest absolute Gasteiger partial charge is 0.395 e. The van der Waals surface area contributed by atoms with E-state index in [1.807, 2.05) is 0 Å². The van der Waals surface area contributed by atoms with E-state index in [0.29, 0.717) is 44.0 Å². The van der Waals surface area contributed by atoms with Gasteiger partial charge in [-0.05, 0) is 29.7 Å². The fourth-order valence-corrected chi connectivity index (χ4v) is 4.30. The van der Waals surface area contributed by atoms with Gasteiger partial charge in [0.1, 0.15) is 0 Å². The van der Waals surface area contributed by atoms with Crippen molar-refractivity contribution in [2.24, 2.45) is 0 Å². The van der Waals surface area contributed by atoms with E-state index < -0.39 is 0 Å². The molecule has 1 aromatic heterocycles. The van der Waals surface area contributed by atoms with Crippen LogP contribution in [0.5, 0.6) is 0 Å². The van der Waals surface area contributed by atoms with Gasteiger partial charge < -0.3 is 15.4 Å². The van der Waals surface area contributed by atoms with Crippen LogP contribution >= 0.6 is 23.2 Å². The first-order chi connectivity index (χ1) is 14.4. The number of hydrogen-bond donors (Lipinski definition) is 3. The van der Waals surface area contributed by atoms with Crippen molar-refractivity contribution >= 4 is 56.5 Å². The van der Waals surface area contributed by atoms with Crippen LogP contribution in [0.25, 0.3) is 21.7 Å². The number of nitrogens with zero attached hydrogens (tertiary/aromatic N) is 2. The fourth-order valence-electron chi connectivity index (χ4n) is 3.91. The summed E-state index contributed by atoms with van der Waals surface area (Å²) < 4.78 is 0. The number of benzene rings is 2. The lowest BCUT2D eigenvalue weighted by Crippen LogP contribution is -2.49. The van der Waals surface area contributed by atoms with E-state index in [0.717, 1.165) is 26.2 Å². The van der Waals surface area contributed by atoms with Gasteiger partial charge in [0.05, 0.1) is 24.4 Å². The zero-order valence-corrected chi connectivity index (χ0v) is 17.8. The highest BCUT2D eigenvalue weighted by Crippen LogP contribution is 2.32. The zero-order valence-electron chi connectivity index (χ0n) is 16.3. The Labute approximate surface area is 183 Å². The van der Waals surface area contributed by atoms with Gasteiger partial charge in [0, 0.05) is 53.5 Å². The standard InChI is InChI=1S/C21H22Cl2N4O3/c22-13-1-2-15-16(9-13)21(30)25-18-11-14(23)10-17(20(15)18)24-19(29)12-27-5-3-26(4-6-27)7-8-28/h1-2,9-11,28H,3-8,12H2,(H,24,29)(H,25,30). The zero-order chi connectivity index (χ0) is 21.3. The number of piperazine rings is 1. The molecule has 158 valence electrons. The third-order valence-electron chi connectivity index (χ3n) is 5.37. The third kappa shape index (κ3) is 4.45. The average molecular weight is 449 g/mol. The van der Waals surface area contributed by atoms with Gasteiger partial charge in [-0.2, -0.15) is 0 Å². The van der Waals surface area contributed by atoms with E-state index in [9.17, 15) is 9.59 Å². The molecular weight excluding hydrogens is 427 g/mol. The normalized spacial score (nSPS) is 15.7. The molecule has 1 aliphatic rings. The number of fused-ring (bicyclic) bond motifs is 3.